The van der Waals surface area contributed by atoms with Gasteiger partial charge in [-0.2, -0.15) is 5.10 Å². The molecule has 0 radical (unpaired) electrons. The van der Waals surface area contributed by atoms with E-state index in [1.165, 1.54) is 6.21 Å². The molecule has 0 aliphatic carbocycles. The molecule has 0 atom stereocenters. The third kappa shape index (κ3) is 7.38. The van der Waals surface area contributed by atoms with Crippen molar-refractivity contribution in [2.75, 3.05) is 13.2 Å². The van der Waals surface area contributed by atoms with E-state index in [1.54, 1.807) is 37.3 Å². The Kier molecular flexibility index (Phi) is 9.22. The van der Waals surface area contributed by atoms with E-state index >= 15 is 0 Å². The molecule has 4 rings (SSSR count). The van der Waals surface area contributed by atoms with Gasteiger partial charge in [0.2, 0.25) is 0 Å². The summed E-state index contributed by atoms with van der Waals surface area (Å²) in [6.45, 7) is 6.04. The van der Waals surface area contributed by atoms with Crippen LogP contribution in [0, 0.1) is 13.8 Å². The van der Waals surface area contributed by atoms with Crippen LogP contribution in [0.2, 0.25) is 0 Å². The molecule has 0 bridgehead atoms. The largest absolute Gasteiger partial charge is 0.486 e. The van der Waals surface area contributed by atoms with Crippen molar-refractivity contribution in [3.05, 3.63) is 99.7 Å². The van der Waals surface area contributed by atoms with Crippen LogP contribution in [0.4, 0.5) is 0 Å². The van der Waals surface area contributed by atoms with Gasteiger partial charge in [0.15, 0.2) is 12.4 Å². The number of hydrazone groups is 1. The first kappa shape index (κ1) is 27.7. The van der Waals surface area contributed by atoms with Crippen molar-refractivity contribution in [2.45, 2.75) is 27.4 Å². The Labute approximate surface area is 234 Å². The number of hydrogen-bond donors (Lipinski definition) is 1. The predicted molar refractivity (Wildman–Crippen MR) is 150 cm³/mol. The molecule has 4 aromatic rings. The van der Waals surface area contributed by atoms with Gasteiger partial charge in [0.1, 0.15) is 23.9 Å². The quantitative estimate of drug-likeness (QED) is 0.135. The summed E-state index contributed by atoms with van der Waals surface area (Å²) in [6.07, 6.45) is 1.41. The lowest BCUT2D eigenvalue weighted by atomic mass is 10.2. The van der Waals surface area contributed by atoms with Crippen LogP contribution >= 0.6 is 15.9 Å². The Morgan fingerprint density at radius 1 is 1.00 bits per heavy atom. The van der Waals surface area contributed by atoms with Crippen molar-refractivity contribution < 1.29 is 28.2 Å². The molecule has 2 aromatic heterocycles. The number of amides is 1. The first-order chi connectivity index (χ1) is 18.8. The number of aryl methyl sites for hydroxylation is 2. The second-order valence-corrected chi connectivity index (χ2v) is 9.39. The zero-order chi connectivity index (χ0) is 27.8. The van der Waals surface area contributed by atoms with E-state index in [2.05, 4.69) is 57.0 Å². The van der Waals surface area contributed by atoms with Crippen LogP contribution in [0.25, 0.3) is 5.69 Å². The summed E-state index contributed by atoms with van der Waals surface area (Å²) in [7, 11) is 0. The van der Waals surface area contributed by atoms with Crippen LogP contribution in [0.3, 0.4) is 0 Å². The van der Waals surface area contributed by atoms with Crippen molar-refractivity contribution in [3.63, 3.8) is 0 Å². The van der Waals surface area contributed by atoms with Crippen LogP contribution in [0.1, 0.15) is 40.2 Å². The Morgan fingerprint density at radius 3 is 2.46 bits per heavy atom. The monoisotopic (exact) mass is 593 g/mol. The summed E-state index contributed by atoms with van der Waals surface area (Å²) in [5.74, 6) is 0.674. The summed E-state index contributed by atoms with van der Waals surface area (Å²) in [4.78, 5) is 24.1. The molecular formula is C29H28BrN3O6. The molecule has 39 heavy (non-hydrogen) atoms. The maximum Gasteiger partial charge on any atom is 0.344 e. The number of esters is 1. The second-order valence-electron chi connectivity index (χ2n) is 8.48. The third-order valence-electron chi connectivity index (χ3n) is 5.63. The molecule has 0 saturated carbocycles. The minimum absolute atomic E-state index is 0.0904. The highest BCUT2D eigenvalue weighted by molar-refractivity contribution is 9.10. The van der Waals surface area contributed by atoms with Crippen LogP contribution in [-0.2, 0) is 16.1 Å². The minimum atomic E-state index is -0.525. The lowest BCUT2D eigenvalue weighted by molar-refractivity contribution is -0.145. The van der Waals surface area contributed by atoms with Gasteiger partial charge in [-0.25, -0.2) is 10.2 Å². The Balaban J connectivity index is 1.31. The van der Waals surface area contributed by atoms with Gasteiger partial charge < -0.3 is 23.2 Å². The van der Waals surface area contributed by atoms with Gasteiger partial charge in [-0.05, 0) is 87.5 Å². The highest BCUT2D eigenvalue weighted by Crippen LogP contribution is 2.23. The van der Waals surface area contributed by atoms with Crippen molar-refractivity contribution >= 4 is 34.0 Å². The van der Waals surface area contributed by atoms with Gasteiger partial charge in [-0.3, -0.25) is 4.79 Å². The molecule has 1 N–H and O–H groups in total. The number of carbonyl (C=O) groups excluding carboxylic acids is 2. The fraction of sp³-hybridized carbons (Fsp3) is 0.207. The molecule has 0 fully saturated rings. The second kappa shape index (κ2) is 13.0. The fourth-order valence-corrected chi connectivity index (χ4v) is 4.18. The van der Waals surface area contributed by atoms with Crippen molar-refractivity contribution in [1.82, 2.24) is 9.99 Å². The SMILES string of the molecule is CCOC(=O)COc1ccc(Br)cc1/C=N/NC(=O)c1ccc(COc2ccc(-n3c(C)ccc3C)cc2)o1. The van der Waals surface area contributed by atoms with Crippen LogP contribution in [-0.4, -0.2) is 35.9 Å². The zero-order valence-electron chi connectivity index (χ0n) is 21.8. The Hall–Kier alpha value is -4.31. The highest BCUT2D eigenvalue weighted by Gasteiger charge is 2.12. The van der Waals surface area contributed by atoms with Gasteiger partial charge in [-0.1, -0.05) is 15.9 Å². The van der Waals surface area contributed by atoms with Crippen LogP contribution in [0.5, 0.6) is 11.5 Å². The van der Waals surface area contributed by atoms with Gasteiger partial charge in [0.25, 0.3) is 0 Å². The Bertz CT molecular complexity index is 1450. The van der Waals surface area contributed by atoms with Crippen molar-refractivity contribution in [1.29, 1.82) is 0 Å². The third-order valence-corrected chi connectivity index (χ3v) is 6.12. The summed E-state index contributed by atoms with van der Waals surface area (Å²) in [5, 5.41) is 3.99. The molecule has 0 unspecified atom stereocenters. The molecule has 10 heteroatoms. The average molecular weight is 594 g/mol. The van der Waals surface area contributed by atoms with E-state index in [1.807, 2.05) is 24.3 Å². The summed E-state index contributed by atoms with van der Waals surface area (Å²) >= 11 is 3.39. The van der Waals surface area contributed by atoms with Crippen LogP contribution < -0.4 is 14.9 Å². The van der Waals surface area contributed by atoms with E-state index < -0.39 is 11.9 Å². The van der Waals surface area contributed by atoms with Crippen molar-refractivity contribution in [2.24, 2.45) is 5.10 Å². The summed E-state index contributed by atoms with van der Waals surface area (Å²) in [5.41, 5.74) is 6.35. The number of rotatable bonds is 11. The number of furan rings is 1. The average Bonchev–Trinajstić information content (AvgIpc) is 3.53. The molecule has 0 aliphatic rings. The number of benzene rings is 2. The highest BCUT2D eigenvalue weighted by atomic mass is 79.9. The number of hydrogen-bond acceptors (Lipinski definition) is 7. The van der Waals surface area contributed by atoms with Gasteiger partial charge >= 0.3 is 11.9 Å². The first-order valence-electron chi connectivity index (χ1n) is 12.2. The predicted octanol–water partition coefficient (Wildman–Crippen LogP) is 5.73. The lowest BCUT2D eigenvalue weighted by Gasteiger charge is -2.10. The van der Waals surface area contributed by atoms with Crippen LogP contribution in [0.15, 0.2) is 80.7 Å². The van der Waals surface area contributed by atoms with Gasteiger partial charge in [0.05, 0.1) is 12.8 Å². The van der Waals surface area contributed by atoms with E-state index in [-0.39, 0.29) is 25.6 Å². The van der Waals surface area contributed by atoms with E-state index in [0.29, 0.717) is 22.8 Å². The van der Waals surface area contributed by atoms with E-state index in [9.17, 15) is 9.59 Å². The minimum Gasteiger partial charge on any atom is -0.486 e. The molecule has 2 heterocycles. The molecule has 0 aliphatic heterocycles. The molecule has 0 saturated heterocycles. The molecule has 2 aromatic carbocycles. The first-order valence-corrected chi connectivity index (χ1v) is 13.0. The number of halogens is 1. The van der Waals surface area contributed by atoms with Crippen molar-refractivity contribution in [3.8, 4) is 17.2 Å². The smallest absolute Gasteiger partial charge is 0.344 e. The zero-order valence-corrected chi connectivity index (χ0v) is 23.4. The maximum absolute atomic E-state index is 12.5. The molecular weight excluding hydrogens is 566 g/mol. The summed E-state index contributed by atoms with van der Waals surface area (Å²) in [6, 6.07) is 20.4. The molecule has 0 spiro atoms. The van der Waals surface area contributed by atoms with Gasteiger partial charge in [-0.15, -0.1) is 0 Å². The lowest BCUT2D eigenvalue weighted by Crippen LogP contribution is -2.17. The van der Waals surface area contributed by atoms with Gasteiger partial charge in [0, 0.05) is 27.1 Å². The maximum atomic E-state index is 12.5. The standard InChI is InChI=1S/C29H28BrN3O6/c1-4-36-28(34)18-38-26-13-7-22(30)15-21(26)16-31-32-29(35)27-14-12-25(39-27)17-37-24-10-8-23(9-11-24)33-19(2)5-6-20(33)3/h5-16H,4,17-18H2,1-3H3,(H,32,35)/b31-16+. The molecule has 202 valence electrons. The molecule has 9 nitrogen and oxygen atoms in total. The topological polar surface area (TPSA) is 104 Å². The number of nitrogens with one attached hydrogen (secondary N) is 1. The number of aromatic nitrogens is 1. The number of nitrogens with zero attached hydrogens (tertiary/aromatic N) is 2. The number of carbonyl (C=O) groups is 2. The number of ether oxygens (including phenoxy) is 3. The normalized spacial score (nSPS) is 11.0. The van der Waals surface area contributed by atoms with E-state index in [0.717, 1.165) is 21.5 Å². The Morgan fingerprint density at radius 2 is 1.74 bits per heavy atom. The fourth-order valence-electron chi connectivity index (χ4n) is 3.81. The molecule has 1 amide bonds. The summed E-state index contributed by atoms with van der Waals surface area (Å²) < 4.78 is 24.8. The van der Waals surface area contributed by atoms with E-state index in [4.69, 9.17) is 18.6 Å².